The summed E-state index contributed by atoms with van der Waals surface area (Å²) in [5.41, 5.74) is 2.54. The number of hydrogen-bond acceptors (Lipinski definition) is 5. The second-order valence-corrected chi connectivity index (χ2v) is 4.96. The molecular formula is C18H18O5. The van der Waals surface area contributed by atoms with Crippen molar-refractivity contribution in [2.45, 2.75) is 13.5 Å². The molecule has 0 amide bonds. The van der Waals surface area contributed by atoms with Crippen LogP contribution in [0, 0.1) is 6.92 Å². The van der Waals surface area contributed by atoms with Crippen molar-refractivity contribution in [1.82, 2.24) is 0 Å². The number of aldehydes is 1. The number of rotatable bonds is 7. The second kappa shape index (κ2) is 7.98. The molecule has 0 saturated heterocycles. The highest BCUT2D eigenvalue weighted by molar-refractivity contribution is 5.80. The molecule has 120 valence electrons. The molecule has 5 nitrogen and oxygen atoms in total. The molecule has 2 aromatic rings. The number of benzene rings is 2. The minimum atomic E-state index is -0.512. The minimum absolute atomic E-state index is 0.249. The zero-order valence-electron chi connectivity index (χ0n) is 13.1. The van der Waals surface area contributed by atoms with Gasteiger partial charge in [0, 0.05) is 0 Å². The molecular weight excluding hydrogens is 296 g/mol. The average molecular weight is 314 g/mol. The second-order valence-electron chi connectivity index (χ2n) is 4.96. The van der Waals surface area contributed by atoms with Gasteiger partial charge in [0.2, 0.25) is 0 Å². The van der Waals surface area contributed by atoms with E-state index in [1.807, 2.05) is 31.2 Å². The Labute approximate surface area is 134 Å². The third-order valence-corrected chi connectivity index (χ3v) is 3.21. The molecule has 0 radical (unpaired) electrons. The van der Waals surface area contributed by atoms with Gasteiger partial charge in [0.25, 0.3) is 0 Å². The van der Waals surface area contributed by atoms with Crippen molar-refractivity contribution < 1.29 is 23.8 Å². The Morgan fingerprint density at radius 2 is 1.83 bits per heavy atom. The van der Waals surface area contributed by atoms with E-state index < -0.39 is 5.97 Å². The van der Waals surface area contributed by atoms with E-state index in [1.165, 1.54) is 12.7 Å². The zero-order chi connectivity index (χ0) is 16.7. The van der Waals surface area contributed by atoms with Gasteiger partial charge >= 0.3 is 5.97 Å². The fraction of sp³-hybridized carbons (Fsp3) is 0.222. The summed E-state index contributed by atoms with van der Waals surface area (Å²) >= 11 is 0. The molecule has 0 aliphatic carbocycles. The van der Waals surface area contributed by atoms with Crippen LogP contribution in [0.25, 0.3) is 0 Å². The molecule has 0 aliphatic rings. The van der Waals surface area contributed by atoms with Gasteiger partial charge in [-0.1, -0.05) is 29.8 Å². The van der Waals surface area contributed by atoms with Gasteiger partial charge in [-0.25, -0.2) is 4.79 Å². The van der Waals surface area contributed by atoms with Crippen LogP contribution in [0.3, 0.4) is 0 Å². The Bertz CT molecular complexity index is 676. The van der Waals surface area contributed by atoms with E-state index in [0.29, 0.717) is 30.0 Å². The zero-order valence-corrected chi connectivity index (χ0v) is 13.1. The lowest BCUT2D eigenvalue weighted by Crippen LogP contribution is -2.13. The lowest BCUT2D eigenvalue weighted by atomic mass is 10.1. The standard InChI is InChI=1S/C18H18O5/c1-13-3-5-14(6-4-13)11-22-16-7-8-17(15(9-16)10-19)23-12-18(20)21-2/h3-10H,11-12H2,1-2H3. The number of carbonyl (C=O) groups excluding carboxylic acids is 2. The Hall–Kier alpha value is -2.82. The monoisotopic (exact) mass is 314 g/mol. The van der Waals surface area contributed by atoms with Crippen molar-refractivity contribution in [2.24, 2.45) is 0 Å². The van der Waals surface area contributed by atoms with E-state index in [4.69, 9.17) is 9.47 Å². The molecule has 2 rings (SSSR count). The Balaban J connectivity index is 2.01. The first-order chi connectivity index (χ1) is 11.1. The molecule has 0 spiro atoms. The van der Waals surface area contributed by atoms with Crippen LogP contribution >= 0.6 is 0 Å². The summed E-state index contributed by atoms with van der Waals surface area (Å²) in [6.07, 6.45) is 0.658. The number of methoxy groups -OCH3 is 1. The van der Waals surface area contributed by atoms with Gasteiger partial charge < -0.3 is 14.2 Å². The van der Waals surface area contributed by atoms with Gasteiger partial charge in [-0.3, -0.25) is 4.79 Å². The van der Waals surface area contributed by atoms with E-state index in [0.717, 1.165) is 5.56 Å². The highest BCUT2D eigenvalue weighted by atomic mass is 16.6. The van der Waals surface area contributed by atoms with Gasteiger partial charge in [0.15, 0.2) is 12.9 Å². The number of ether oxygens (including phenoxy) is 3. The molecule has 0 aromatic heterocycles. The normalized spacial score (nSPS) is 10.0. The van der Waals surface area contributed by atoms with Crippen molar-refractivity contribution in [3.8, 4) is 11.5 Å². The van der Waals surface area contributed by atoms with E-state index in [1.54, 1.807) is 18.2 Å². The largest absolute Gasteiger partial charge is 0.489 e. The van der Waals surface area contributed by atoms with E-state index >= 15 is 0 Å². The molecule has 0 heterocycles. The first-order valence-electron chi connectivity index (χ1n) is 7.09. The summed E-state index contributed by atoms with van der Waals surface area (Å²) in [4.78, 5) is 22.2. The summed E-state index contributed by atoms with van der Waals surface area (Å²) in [6, 6.07) is 12.9. The first-order valence-corrected chi connectivity index (χ1v) is 7.09. The number of carbonyl (C=O) groups is 2. The lowest BCUT2D eigenvalue weighted by Gasteiger charge is -2.10. The van der Waals surface area contributed by atoms with Crippen LogP contribution in [-0.2, 0) is 16.1 Å². The van der Waals surface area contributed by atoms with Crippen LogP contribution in [0.2, 0.25) is 0 Å². The van der Waals surface area contributed by atoms with E-state index in [-0.39, 0.29) is 6.61 Å². The SMILES string of the molecule is COC(=O)COc1ccc(OCc2ccc(C)cc2)cc1C=O. The van der Waals surface area contributed by atoms with Crippen molar-refractivity contribution in [3.05, 3.63) is 59.2 Å². The molecule has 5 heteroatoms. The minimum Gasteiger partial charge on any atom is -0.489 e. The number of hydrogen-bond donors (Lipinski definition) is 0. The Kier molecular flexibility index (Phi) is 5.74. The van der Waals surface area contributed by atoms with Crippen molar-refractivity contribution in [1.29, 1.82) is 0 Å². The molecule has 0 fully saturated rings. The molecule has 0 aliphatic heterocycles. The maximum Gasteiger partial charge on any atom is 0.343 e. The molecule has 0 bridgehead atoms. The van der Waals surface area contributed by atoms with Crippen LogP contribution in [0.5, 0.6) is 11.5 Å². The smallest absolute Gasteiger partial charge is 0.343 e. The number of esters is 1. The predicted octanol–water partition coefficient (Wildman–Crippen LogP) is 2.94. The Morgan fingerprint density at radius 3 is 2.48 bits per heavy atom. The lowest BCUT2D eigenvalue weighted by molar-refractivity contribution is -0.142. The van der Waals surface area contributed by atoms with Crippen molar-refractivity contribution in [2.75, 3.05) is 13.7 Å². The van der Waals surface area contributed by atoms with Crippen molar-refractivity contribution in [3.63, 3.8) is 0 Å². The first kappa shape index (κ1) is 16.5. The van der Waals surface area contributed by atoms with Gasteiger partial charge in [-0.2, -0.15) is 0 Å². The fourth-order valence-electron chi connectivity index (χ4n) is 1.89. The third kappa shape index (κ3) is 4.85. The van der Waals surface area contributed by atoms with E-state index in [2.05, 4.69) is 4.74 Å². The van der Waals surface area contributed by atoms with Gasteiger partial charge in [-0.05, 0) is 30.7 Å². The molecule has 2 aromatic carbocycles. The summed E-state index contributed by atoms with van der Waals surface area (Å²) in [6.45, 7) is 2.18. The van der Waals surface area contributed by atoms with Crippen LogP contribution in [0.4, 0.5) is 0 Å². The molecule has 0 unspecified atom stereocenters. The average Bonchev–Trinajstić information content (AvgIpc) is 2.59. The van der Waals surface area contributed by atoms with Crippen LogP contribution in [0.1, 0.15) is 21.5 Å². The van der Waals surface area contributed by atoms with Crippen molar-refractivity contribution >= 4 is 12.3 Å². The quantitative estimate of drug-likeness (QED) is 0.581. The summed E-state index contributed by atoms with van der Waals surface area (Å²) in [7, 11) is 1.27. The Morgan fingerprint density at radius 1 is 1.09 bits per heavy atom. The maximum atomic E-state index is 11.2. The fourth-order valence-corrected chi connectivity index (χ4v) is 1.89. The predicted molar refractivity (Wildman–Crippen MR) is 84.9 cm³/mol. The van der Waals surface area contributed by atoms with Gasteiger partial charge in [0.1, 0.15) is 18.1 Å². The molecule has 23 heavy (non-hydrogen) atoms. The molecule has 0 saturated carbocycles. The highest BCUT2D eigenvalue weighted by Crippen LogP contribution is 2.23. The van der Waals surface area contributed by atoms with Crippen LogP contribution in [-0.4, -0.2) is 26.0 Å². The number of aryl methyl sites for hydroxylation is 1. The van der Waals surface area contributed by atoms with Gasteiger partial charge in [-0.15, -0.1) is 0 Å². The van der Waals surface area contributed by atoms with Crippen LogP contribution < -0.4 is 9.47 Å². The molecule has 0 atom stereocenters. The third-order valence-electron chi connectivity index (χ3n) is 3.21. The van der Waals surface area contributed by atoms with Crippen LogP contribution in [0.15, 0.2) is 42.5 Å². The molecule has 0 N–H and O–H groups in total. The van der Waals surface area contributed by atoms with Gasteiger partial charge in [0.05, 0.1) is 12.7 Å². The highest BCUT2D eigenvalue weighted by Gasteiger charge is 2.08. The maximum absolute atomic E-state index is 11.2. The summed E-state index contributed by atoms with van der Waals surface area (Å²) in [5.74, 6) is 0.354. The van der Waals surface area contributed by atoms with E-state index in [9.17, 15) is 9.59 Å². The summed E-state index contributed by atoms with van der Waals surface area (Å²) < 4.78 is 15.4. The topological polar surface area (TPSA) is 61.8 Å². The summed E-state index contributed by atoms with van der Waals surface area (Å²) in [5, 5.41) is 0.